The molecule has 0 saturated carbocycles. The van der Waals surface area contributed by atoms with E-state index in [0.29, 0.717) is 22.4 Å². The molecule has 1 N–H and O–H groups in total. The number of aromatic nitrogens is 3. The molecule has 0 aliphatic heterocycles. The van der Waals surface area contributed by atoms with Crippen LogP contribution in [0.15, 0.2) is 47.6 Å². The monoisotopic (exact) mass is 486 g/mol. The molecule has 176 valence electrons. The maximum atomic E-state index is 12.5. The second-order valence-electron chi connectivity index (χ2n) is 8.87. The van der Waals surface area contributed by atoms with Gasteiger partial charge >= 0.3 is 0 Å². The molecule has 1 aromatic heterocycles. The number of hydrogen-bond donors (Lipinski definition) is 1. The van der Waals surface area contributed by atoms with Crippen molar-refractivity contribution in [1.29, 1.82) is 0 Å². The summed E-state index contributed by atoms with van der Waals surface area (Å²) in [5.41, 5.74) is 2.91. The van der Waals surface area contributed by atoms with Crippen molar-refractivity contribution < 1.29 is 9.53 Å². The van der Waals surface area contributed by atoms with Crippen LogP contribution in [0.25, 0.3) is 0 Å². The summed E-state index contributed by atoms with van der Waals surface area (Å²) in [4.78, 5) is 12.5. The molecule has 1 amide bonds. The van der Waals surface area contributed by atoms with Crippen molar-refractivity contribution in [2.75, 3.05) is 11.1 Å². The van der Waals surface area contributed by atoms with E-state index >= 15 is 0 Å². The second-order valence-corrected chi connectivity index (χ2v) is 10.2. The van der Waals surface area contributed by atoms with Crippen LogP contribution in [0, 0.1) is 6.92 Å². The van der Waals surface area contributed by atoms with E-state index < -0.39 is 0 Å². The molecule has 1 unspecified atom stereocenters. The summed E-state index contributed by atoms with van der Waals surface area (Å²) < 4.78 is 8.11. The maximum absolute atomic E-state index is 12.5. The van der Waals surface area contributed by atoms with Crippen molar-refractivity contribution >= 4 is 35.0 Å². The smallest absolute Gasteiger partial charge is 0.234 e. The lowest BCUT2D eigenvalue weighted by molar-refractivity contribution is -0.113. The van der Waals surface area contributed by atoms with Gasteiger partial charge < -0.3 is 14.6 Å². The van der Waals surface area contributed by atoms with Crippen LogP contribution >= 0.6 is 23.4 Å². The van der Waals surface area contributed by atoms with Crippen molar-refractivity contribution in [3.8, 4) is 5.75 Å². The van der Waals surface area contributed by atoms with Crippen LogP contribution in [0.5, 0.6) is 5.75 Å². The van der Waals surface area contributed by atoms with Gasteiger partial charge in [0, 0.05) is 17.3 Å². The molecule has 1 atom stereocenters. The van der Waals surface area contributed by atoms with Crippen LogP contribution in [0.4, 0.5) is 5.69 Å². The first-order valence-corrected chi connectivity index (χ1v) is 12.3. The van der Waals surface area contributed by atoms with Crippen LogP contribution in [-0.4, -0.2) is 26.4 Å². The Morgan fingerprint density at radius 2 is 1.88 bits per heavy atom. The fraction of sp³-hybridized carbons (Fsp3) is 0.400. The molecule has 0 bridgehead atoms. The Bertz CT molecular complexity index is 1110. The number of hydrogen-bond acceptors (Lipinski definition) is 5. The van der Waals surface area contributed by atoms with Crippen LogP contribution in [0.2, 0.25) is 5.02 Å². The van der Waals surface area contributed by atoms with Crippen LogP contribution in [0.3, 0.4) is 0 Å². The molecule has 0 saturated heterocycles. The van der Waals surface area contributed by atoms with E-state index in [9.17, 15) is 4.79 Å². The lowest BCUT2D eigenvalue weighted by Crippen LogP contribution is -2.16. The Balaban J connectivity index is 1.64. The fourth-order valence-corrected chi connectivity index (χ4v) is 4.34. The van der Waals surface area contributed by atoms with Crippen LogP contribution < -0.4 is 10.1 Å². The molecule has 8 heteroatoms. The zero-order valence-electron chi connectivity index (χ0n) is 20.0. The first kappa shape index (κ1) is 25.1. The number of carbonyl (C=O) groups is 1. The number of halogens is 1. The number of nitrogens with zero attached hydrogens (tertiary/aromatic N) is 3. The summed E-state index contributed by atoms with van der Waals surface area (Å²) in [6.45, 7) is 13.1. The van der Waals surface area contributed by atoms with E-state index in [0.717, 1.165) is 17.1 Å². The van der Waals surface area contributed by atoms with Crippen LogP contribution in [0.1, 0.15) is 57.7 Å². The molecule has 3 aromatic rings. The predicted octanol–water partition coefficient (Wildman–Crippen LogP) is 6.43. The number of carbonyl (C=O) groups excluding carboxylic acids is 1. The molecular weight excluding hydrogens is 456 g/mol. The summed E-state index contributed by atoms with van der Waals surface area (Å²) in [5, 5.41) is 12.9. The van der Waals surface area contributed by atoms with E-state index in [1.807, 2.05) is 49.6 Å². The highest BCUT2D eigenvalue weighted by atomic mass is 35.5. The minimum atomic E-state index is -0.282. The molecule has 0 spiro atoms. The van der Waals surface area contributed by atoms with Crippen molar-refractivity contribution in [2.24, 2.45) is 0 Å². The topological polar surface area (TPSA) is 69.0 Å². The highest BCUT2D eigenvalue weighted by molar-refractivity contribution is 7.99. The third kappa shape index (κ3) is 6.30. The number of anilines is 1. The van der Waals surface area contributed by atoms with Crippen LogP contribution in [-0.2, 0) is 16.8 Å². The molecule has 0 aliphatic rings. The number of nitrogens with one attached hydrogen (secondary N) is 1. The summed E-state index contributed by atoms with van der Waals surface area (Å²) >= 11 is 7.48. The molecule has 2 aromatic carbocycles. The molecule has 1 heterocycles. The second kappa shape index (κ2) is 10.6. The Kier molecular flexibility index (Phi) is 8.08. The average molecular weight is 487 g/mol. The van der Waals surface area contributed by atoms with Crippen molar-refractivity contribution in [3.05, 3.63) is 64.4 Å². The Morgan fingerprint density at radius 3 is 2.52 bits per heavy atom. The van der Waals surface area contributed by atoms with Gasteiger partial charge in [0.2, 0.25) is 5.91 Å². The minimum absolute atomic E-state index is 0.0937. The number of amides is 1. The average Bonchev–Trinajstić information content (AvgIpc) is 3.18. The third-order valence-corrected chi connectivity index (χ3v) is 6.71. The van der Waals surface area contributed by atoms with Gasteiger partial charge in [-0.1, -0.05) is 62.3 Å². The first-order chi connectivity index (χ1) is 15.6. The van der Waals surface area contributed by atoms with E-state index in [4.69, 9.17) is 16.3 Å². The van der Waals surface area contributed by atoms with Crippen molar-refractivity contribution in [1.82, 2.24) is 14.8 Å². The van der Waals surface area contributed by atoms with Gasteiger partial charge in [0.15, 0.2) is 17.1 Å². The SMILES string of the molecule is CCn1c(SCC(=O)Nc2cccc(Cl)c2C)nnc1C(C)Oc1ccc(C(C)(C)C)cc1. The summed E-state index contributed by atoms with van der Waals surface area (Å²) in [7, 11) is 0. The van der Waals surface area contributed by atoms with Gasteiger partial charge in [0.05, 0.1) is 5.75 Å². The number of rotatable bonds is 8. The largest absolute Gasteiger partial charge is 0.483 e. The van der Waals surface area contributed by atoms with Gasteiger partial charge in [-0.3, -0.25) is 4.79 Å². The Hall–Kier alpha value is -2.51. The van der Waals surface area contributed by atoms with Gasteiger partial charge in [0.1, 0.15) is 5.75 Å². The molecule has 0 radical (unpaired) electrons. The van der Waals surface area contributed by atoms with E-state index in [2.05, 4.69) is 48.4 Å². The fourth-order valence-electron chi connectivity index (χ4n) is 3.35. The van der Waals surface area contributed by atoms with Gasteiger partial charge in [-0.15, -0.1) is 10.2 Å². The van der Waals surface area contributed by atoms with Crippen molar-refractivity contribution in [2.45, 2.75) is 64.8 Å². The van der Waals surface area contributed by atoms with Gasteiger partial charge in [-0.2, -0.15) is 0 Å². The van der Waals surface area contributed by atoms with Crippen molar-refractivity contribution in [3.63, 3.8) is 0 Å². The minimum Gasteiger partial charge on any atom is -0.483 e. The molecular formula is C25H31ClN4O2S. The Morgan fingerprint density at radius 1 is 1.18 bits per heavy atom. The first-order valence-electron chi connectivity index (χ1n) is 11.0. The van der Waals surface area contributed by atoms with Gasteiger partial charge in [0.25, 0.3) is 0 Å². The molecule has 0 fully saturated rings. The maximum Gasteiger partial charge on any atom is 0.234 e. The highest BCUT2D eigenvalue weighted by Crippen LogP contribution is 2.28. The molecule has 0 aliphatic carbocycles. The highest BCUT2D eigenvalue weighted by Gasteiger charge is 2.20. The normalized spacial score (nSPS) is 12.5. The summed E-state index contributed by atoms with van der Waals surface area (Å²) in [5.74, 6) is 1.60. The summed E-state index contributed by atoms with van der Waals surface area (Å²) in [6, 6.07) is 13.6. The molecule has 3 rings (SSSR count). The van der Waals surface area contributed by atoms with Gasteiger partial charge in [-0.05, 0) is 61.6 Å². The predicted molar refractivity (Wildman–Crippen MR) is 135 cm³/mol. The summed E-state index contributed by atoms with van der Waals surface area (Å²) in [6.07, 6.45) is -0.282. The zero-order valence-corrected chi connectivity index (χ0v) is 21.5. The standard InChI is InChI=1S/C25H31ClN4O2S/c1-7-30-23(17(3)32-19-13-11-18(12-14-19)25(4,5)6)28-29-24(30)33-15-22(31)27-21-10-8-9-20(26)16(21)2/h8-14,17H,7,15H2,1-6H3,(H,27,31). The lowest BCUT2D eigenvalue weighted by atomic mass is 9.87. The number of thioether (sulfide) groups is 1. The van der Waals surface area contributed by atoms with E-state index in [1.54, 1.807) is 6.07 Å². The Labute approximate surface area is 205 Å². The molecule has 33 heavy (non-hydrogen) atoms. The zero-order chi connectivity index (χ0) is 24.2. The van der Waals surface area contributed by atoms with E-state index in [-0.39, 0.29) is 23.2 Å². The van der Waals surface area contributed by atoms with E-state index in [1.165, 1.54) is 17.3 Å². The lowest BCUT2D eigenvalue weighted by Gasteiger charge is -2.20. The molecule has 6 nitrogen and oxygen atoms in total. The third-order valence-electron chi connectivity index (χ3n) is 5.33. The van der Waals surface area contributed by atoms with Gasteiger partial charge in [-0.25, -0.2) is 0 Å². The number of benzene rings is 2. The quantitative estimate of drug-likeness (QED) is 0.371. The number of ether oxygens (including phenoxy) is 1.